The Labute approximate surface area is 135 Å². The first kappa shape index (κ1) is 14.9. The van der Waals surface area contributed by atoms with Crippen LogP contribution in [0.5, 0.6) is 0 Å². The van der Waals surface area contributed by atoms with E-state index in [-0.39, 0.29) is 6.10 Å². The van der Waals surface area contributed by atoms with Gasteiger partial charge in [-0.05, 0) is 30.2 Å². The van der Waals surface area contributed by atoms with E-state index in [2.05, 4.69) is 23.5 Å². The van der Waals surface area contributed by atoms with E-state index in [9.17, 15) is 5.26 Å². The summed E-state index contributed by atoms with van der Waals surface area (Å²) in [4.78, 5) is 0. The van der Waals surface area contributed by atoms with Gasteiger partial charge in [0, 0.05) is 24.1 Å². The summed E-state index contributed by atoms with van der Waals surface area (Å²) in [7, 11) is 0. The number of nitrogens with zero attached hydrogens (tertiary/aromatic N) is 1. The van der Waals surface area contributed by atoms with Crippen molar-refractivity contribution in [3.05, 3.63) is 64.7 Å². The molecule has 22 heavy (non-hydrogen) atoms. The van der Waals surface area contributed by atoms with Gasteiger partial charge in [0.05, 0.1) is 17.4 Å². The molecule has 2 unspecified atom stereocenters. The van der Waals surface area contributed by atoms with Gasteiger partial charge in [-0.15, -0.1) is 0 Å². The Balaban J connectivity index is 1.71. The standard InChI is InChI=1S/C18H17ClN2O/c19-16-7-6-14(11-20)17(10-16)21-12-15-8-9-22-18(15)13-4-2-1-3-5-13/h1-7,10,15,18,21H,8-9,12H2. The van der Waals surface area contributed by atoms with Crippen molar-refractivity contribution in [2.45, 2.75) is 12.5 Å². The quantitative estimate of drug-likeness (QED) is 0.910. The van der Waals surface area contributed by atoms with Crippen LogP contribution in [0.3, 0.4) is 0 Å². The van der Waals surface area contributed by atoms with Crippen LogP contribution < -0.4 is 5.32 Å². The number of benzene rings is 2. The number of anilines is 1. The maximum Gasteiger partial charge on any atom is 0.101 e. The van der Waals surface area contributed by atoms with Crippen molar-refractivity contribution in [1.82, 2.24) is 0 Å². The summed E-state index contributed by atoms with van der Waals surface area (Å²) in [6.45, 7) is 1.53. The molecule has 4 heteroatoms. The third-order valence-electron chi connectivity index (χ3n) is 4.00. The Bertz CT molecular complexity index is 681. The van der Waals surface area contributed by atoms with Crippen LogP contribution in [0.2, 0.25) is 5.02 Å². The first-order valence-corrected chi connectivity index (χ1v) is 7.76. The molecule has 0 aromatic heterocycles. The van der Waals surface area contributed by atoms with Crippen LogP contribution in [0, 0.1) is 17.2 Å². The fourth-order valence-electron chi connectivity index (χ4n) is 2.86. The monoisotopic (exact) mass is 312 g/mol. The van der Waals surface area contributed by atoms with Gasteiger partial charge in [0.1, 0.15) is 6.07 Å². The summed E-state index contributed by atoms with van der Waals surface area (Å²) in [6.07, 6.45) is 1.12. The molecule has 1 aliphatic heterocycles. The van der Waals surface area contributed by atoms with E-state index in [4.69, 9.17) is 16.3 Å². The highest BCUT2D eigenvalue weighted by molar-refractivity contribution is 6.30. The summed E-state index contributed by atoms with van der Waals surface area (Å²) in [5.41, 5.74) is 2.60. The van der Waals surface area contributed by atoms with Crippen molar-refractivity contribution in [3.63, 3.8) is 0 Å². The van der Waals surface area contributed by atoms with Gasteiger partial charge in [-0.25, -0.2) is 0 Å². The third-order valence-corrected chi connectivity index (χ3v) is 4.23. The largest absolute Gasteiger partial charge is 0.384 e. The van der Waals surface area contributed by atoms with E-state index in [1.165, 1.54) is 5.56 Å². The Morgan fingerprint density at radius 3 is 2.82 bits per heavy atom. The summed E-state index contributed by atoms with van der Waals surface area (Å²) in [6, 6.07) is 17.7. The molecule has 1 heterocycles. The van der Waals surface area contributed by atoms with Gasteiger partial charge in [0.15, 0.2) is 0 Å². The lowest BCUT2D eigenvalue weighted by Gasteiger charge is -2.20. The van der Waals surface area contributed by atoms with Crippen molar-refractivity contribution >= 4 is 17.3 Å². The fraction of sp³-hybridized carbons (Fsp3) is 0.278. The van der Waals surface area contributed by atoms with Crippen LogP contribution in [-0.2, 0) is 4.74 Å². The van der Waals surface area contributed by atoms with Crippen molar-refractivity contribution in [2.24, 2.45) is 5.92 Å². The zero-order valence-electron chi connectivity index (χ0n) is 12.1. The fourth-order valence-corrected chi connectivity index (χ4v) is 3.03. The molecule has 0 saturated carbocycles. The van der Waals surface area contributed by atoms with Crippen LogP contribution in [0.25, 0.3) is 0 Å². The molecule has 1 saturated heterocycles. The molecular weight excluding hydrogens is 296 g/mol. The smallest absolute Gasteiger partial charge is 0.101 e. The average molecular weight is 313 g/mol. The Kier molecular flexibility index (Phi) is 4.62. The number of halogens is 1. The van der Waals surface area contributed by atoms with Crippen LogP contribution in [-0.4, -0.2) is 13.2 Å². The SMILES string of the molecule is N#Cc1ccc(Cl)cc1NCC1CCOC1c1ccccc1. The molecule has 1 N–H and O–H groups in total. The Morgan fingerprint density at radius 1 is 1.23 bits per heavy atom. The van der Waals surface area contributed by atoms with E-state index in [0.29, 0.717) is 16.5 Å². The van der Waals surface area contributed by atoms with Gasteiger partial charge < -0.3 is 10.1 Å². The second-order valence-corrected chi connectivity index (χ2v) is 5.87. The molecular formula is C18H17ClN2O. The first-order chi connectivity index (χ1) is 10.8. The zero-order chi connectivity index (χ0) is 15.4. The molecule has 3 nitrogen and oxygen atoms in total. The summed E-state index contributed by atoms with van der Waals surface area (Å²) in [5, 5.41) is 13.2. The molecule has 0 amide bonds. The van der Waals surface area contributed by atoms with Crippen molar-refractivity contribution < 1.29 is 4.74 Å². The van der Waals surface area contributed by atoms with Crippen LogP contribution >= 0.6 is 11.6 Å². The van der Waals surface area contributed by atoms with Crippen molar-refractivity contribution in [2.75, 3.05) is 18.5 Å². The summed E-state index contributed by atoms with van der Waals surface area (Å²) in [5.74, 6) is 0.382. The average Bonchev–Trinajstić information content (AvgIpc) is 3.02. The van der Waals surface area contributed by atoms with E-state index in [0.717, 1.165) is 25.3 Å². The lowest BCUT2D eigenvalue weighted by molar-refractivity contribution is 0.0933. The van der Waals surface area contributed by atoms with Crippen molar-refractivity contribution in [3.8, 4) is 6.07 Å². The lowest BCUT2D eigenvalue weighted by atomic mass is 9.95. The minimum atomic E-state index is 0.110. The molecule has 0 radical (unpaired) electrons. The summed E-state index contributed by atoms with van der Waals surface area (Å²) < 4.78 is 5.89. The van der Waals surface area contributed by atoms with Gasteiger partial charge >= 0.3 is 0 Å². The number of nitriles is 1. The molecule has 112 valence electrons. The minimum Gasteiger partial charge on any atom is -0.384 e. The van der Waals surface area contributed by atoms with Gasteiger partial charge in [-0.2, -0.15) is 5.26 Å². The van der Waals surface area contributed by atoms with Gasteiger partial charge in [-0.1, -0.05) is 41.9 Å². The number of hydrogen-bond acceptors (Lipinski definition) is 3. The summed E-state index contributed by atoms with van der Waals surface area (Å²) >= 11 is 6.02. The van der Waals surface area contributed by atoms with E-state index in [1.807, 2.05) is 18.2 Å². The van der Waals surface area contributed by atoms with E-state index < -0.39 is 0 Å². The highest BCUT2D eigenvalue weighted by atomic mass is 35.5. The van der Waals surface area contributed by atoms with Crippen LogP contribution in [0.15, 0.2) is 48.5 Å². The zero-order valence-corrected chi connectivity index (χ0v) is 12.9. The first-order valence-electron chi connectivity index (χ1n) is 7.38. The van der Waals surface area contributed by atoms with Crippen LogP contribution in [0.1, 0.15) is 23.7 Å². The highest BCUT2D eigenvalue weighted by Crippen LogP contribution is 2.34. The molecule has 2 aromatic carbocycles. The predicted octanol–water partition coefficient (Wildman–Crippen LogP) is 4.40. The number of hydrogen-bond donors (Lipinski definition) is 1. The number of ether oxygens (including phenoxy) is 1. The predicted molar refractivity (Wildman–Crippen MR) is 87.9 cm³/mol. The Hall–Kier alpha value is -2.02. The second-order valence-electron chi connectivity index (χ2n) is 5.43. The molecule has 1 fully saturated rings. The highest BCUT2D eigenvalue weighted by Gasteiger charge is 2.29. The molecule has 2 aromatic rings. The molecule has 2 atom stereocenters. The maximum atomic E-state index is 9.17. The molecule has 0 spiro atoms. The normalized spacial score (nSPS) is 20.5. The number of nitrogens with one attached hydrogen (secondary N) is 1. The van der Waals surface area contributed by atoms with Crippen molar-refractivity contribution in [1.29, 1.82) is 5.26 Å². The molecule has 0 bridgehead atoms. The van der Waals surface area contributed by atoms with Crippen LogP contribution in [0.4, 0.5) is 5.69 Å². The van der Waals surface area contributed by atoms with Gasteiger partial charge in [0.25, 0.3) is 0 Å². The van der Waals surface area contributed by atoms with Gasteiger partial charge in [0.2, 0.25) is 0 Å². The van der Waals surface area contributed by atoms with E-state index >= 15 is 0 Å². The minimum absolute atomic E-state index is 0.110. The molecule has 1 aliphatic rings. The maximum absolute atomic E-state index is 9.17. The van der Waals surface area contributed by atoms with Gasteiger partial charge in [-0.3, -0.25) is 0 Å². The van der Waals surface area contributed by atoms with E-state index in [1.54, 1.807) is 18.2 Å². The molecule has 3 rings (SSSR count). The number of rotatable bonds is 4. The second kappa shape index (κ2) is 6.83. The topological polar surface area (TPSA) is 45.0 Å². The lowest BCUT2D eigenvalue weighted by Crippen LogP contribution is -2.18. The Morgan fingerprint density at radius 2 is 2.05 bits per heavy atom. The third kappa shape index (κ3) is 3.24. The molecule has 0 aliphatic carbocycles.